The molecule has 0 aliphatic heterocycles. The van der Waals surface area contributed by atoms with Crippen LogP contribution in [-0.2, 0) is 0 Å². The van der Waals surface area contributed by atoms with Gasteiger partial charge in [-0.15, -0.1) is 0 Å². The third-order valence-corrected chi connectivity index (χ3v) is 2.96. The fourth-order valence-electron chi connectivity index (χ4n) is 1.40. The highest BCUT2D eigenvalue weighted by atomic mass is 79.9. The molecule has 3 nitrogen and oxygen atoms in total. The van der Waals surface area contributed by atoms with Crippen LogP contribution in [0.4, 0.5) is 0 Å². The first-order valence-corrected chi connectivity index (χ1v) is 5.70. The summed E-state index contributed by atoms with van der Waals surface area (Å²) in [6.07, 6.45) is 4.43. The van der Waals surface area contributed by atoms with Gasteiger partial charge in [-0.3, -0.25) is 4.98 Å². The van der Waals surface area contributed by atoms with Crippen LogP contribution in [0.25, 0.3) is 11.0 Å². The summed E-state index contributed by atoms with van der Waals surface area (Å²) in [5.74, 6) is 0.693. The molecule has 1 aliphatic rings. The normalized spacial score (nSPS) is 15.5. The van der Waals surface area contributed by atoms with Crippen molar-refractivity contribution in [2.45, 2.75) is 18.9 Å². The summed E-state index contributed by atoms with van der Waals surface area (Å²) >= 11 is 3.45. The molecule has 2 aromatic heterocycles. The quantitative estimate of drug-likeness (QED) is 0.837. The number of fused-ring (bicyclic) bond motifs is 1. The standard InChI is InChI=1S/C11H9BrN2O/c12-8-5-6-13-9-3-4-10(14-11(8)9)15-7-1-2-7/h3-7H,1-2H2. The maximum absolute atomic E-state index is 5.63. The smallest absolute Gasteiger partial charge is 0.214 e. The average Bonchev–Trinajstić information content (AvgIpc) is 3.03. The average molecular weight is 265 g/mol. The van der Waals surface area contributed by atoms with E-state index < -0.39 is 0 Å². The van der Waals surface area contributed by atoms with Crippen molar-refractivity contribution in [3.05, 3.63) is 28.9 Å². The van der Waals surface area contributed by atoms with Crippen molar-refractivity contribution in [3.8, 4) is 5.88 Å². The fraction of sp³-hybridized carbons (Fsp3) is 0.273. The molecule has 0 spiro atoms. The molecule has 0 radical (unpaired) electrons. The van der Waals surface area contributed by atoms with Crippen molar-refractivity contribution in [1.82, 2.24) is 9.97 Å². The molecule has 2 aromatic rings. The molecule has 0 unspecified atom stereocenters. The van der Waals surface area contributed by atoms with Crippen LogP contribution in [0.2, 0.25) is 0 Å². The maximum atomic E-state index is 5.63. The minimum atomic E-state index is 0.380. The van der Waals surface area contributed by atoms with Gasteiger partial charge >= 0.3 is 0 Å². The van der Waals surface area contributed by atoms with Crippen LogP contribution in [0, 0.1) is 0 Å². The van der Waals surface area contributed by atoms with Gasteiger partial charge in [0.1, 0.15) is 11.6 Å². The van der Waals surface area contributed by atoms with Crippen LogP contribution in [0.5, 0.6) is 5.88 Å². The molecule has 3 rings (SSSR count). The van der Waals surface area contributed by atoms with E-state index in [4.69, 9.17) is 4.74 Å². The van der Waals surface area contributed by atoms with Gasteiger partial charge in [0.2, 0.25) is 5.88 Å². The number of nitrogens with zero attached hydrogens (tertiary/aromatic N) is 2. The molecule has 15 heavy (non-hydrogen) atoms. The Kier molecular flexibility index (Phi) is 2.09. The zero-order valence-corrected chi connectivity index (χ0v) is 9.57. The lowest BCUT2D eigenvalue weighted by Crippen LogP contribution is -1.98. The number of ether oxygens (including phenoxy) is 1. The second-order valence-electron chi connectivity index (χ2n) is 3.63. The molecular formula is C11H9BrN2O. The first kappa shape index (κ1) is 9.09. The minimum Gasteiger partial charge on any atom is -0.474 e. The van der Waals surface area contributed by atoms with E-state index in [1.807, 2.05) is 18.2 Å². The number of hydrogen-bond donors (Lipinski definition) is 0. The van der Waals surface area contributed by atoms with Crippen LogP contribution in [0.1, 0.15) is 12.8 Å². The molecular weight excluding hydrogens is 256 g/mol. The molecule has 0 atom stereocenters. The number of hydrogen-bond acceptors (Lipinski definition) is 3. The number of rotatable bonds is 2. The van der Waals surface area contributed by atoms with Gasteiger partial charge in [0.15, 0.2) is 0 Å². The third kappa shape index (κ3) is 1.81. The summed E-state index contributed by atoms with van der Waals surface area (Å²) in [5.41, 5.74) is 1.74. The highest BCUT2D eigenvalue weighted by Crippen LogP contribution is 2.28. The summed E-state index contributed by atoms with van der Waals surface area (Å²) in [6, 6.07) is 5.70. The Morgan fingerprint density at radius 1 is 1.27 bits per heavy atom. The van der Waals surface area contributed by atoms with E-state index in [-0.39, 0.29) is 0 Å². The highest BCUT2D eigenvalue weighted by molar-refractivity contribution is 9.10. The van der Waals surface area contributed by atoms with Gasteiger partial charge in [0, 0.05) is 16.7 Å². The summed E-state index contributed by atoms with van der Waals surface area (Å²) < 4.78 is 6.58. The van der Waals surface area contributed by atoms with E-state index in [0.717, 1.165) is 28.3 Å². The Morgan fingerprint density at radius 2 is 2.13 bits per heavy atom. The molecule has 2 heterocycles. The Morgan fingerprint density at radius 3 is 2.93 bits per heavy atom. The Bertz CT molecular complexity index is 511. The second-order valence-corrected chi connectivity index (χ2v) is 4.48. The number of pyridine rings is 2. The van der Waals surface area contributed by atoms with Crippen LogP contribution in [-0.4, -0.2) is 16.1 Å². The molecule has 0 amide bonds. The predicted octanol–water partition coefficient (Wildman–Crippen LogP) is 2.93. The first-order chi connectivity index (χ1) is 7.33. The van der Waals surface area contributed by atoms with Crippen molar-refractivity contribution >= 4 is 27.0 Å². The zero-order chi connectivity index (χ0) is 10.3. The van der Waals surface area contributed by atoms with Gasteiger partial charge in [-0.1, -0.05) is 0 Å². The zero-order valence-electron chi connectivity index (χ0n) is 7.98. The van der Waals surface area contributed by atoms with E-state index >= 15 is 0 Å². The molecule has 1 saturated carbocycles. The topological polar surface area (TPSA) is 35.0 Å². The van der Waals surface area contributed by atoms with Crippen molar-refractivity contribution in [1.29, 1.82) is 0 Å². The van der Waals surface area contributed by atoms with Crippen molar-refractivity contribution in [2.75, 3.05) is 0 Å². The molecule has 0 N–H and O–H groups in total. The third-order valence-electron chi connectivity index (χ3n) is 2.32. The Labute approximate surface area is 95.6 Å². The van der Waals surface area contributed by atoms with E-state index in [2.05, 4.69) is 25.9 Å². The molecule has 0 saturated heterocycles. The Balaban J connectivity index is 2.07. The molecule has 0 aromatic carbocycles. The van der Waals surface area contributed by atoms with Crippen molar-refractivity contribution in [2.24, 2.45) is 0 Å². The maximum Gasteiger partial charge on any atom is 0.214 e. The van der Waals surface area contributed by atoms with Crippen LogP contribution in [0.15, 0.2) is 28.9 Å². The van der Waals surface area contributed by atoms with Gasteiger partial charge in [0.05, 0.1) is 5.52 Å². The van der Waals surface area contributed by atoms with Crippen molar-refractivity contribution < 1.29 is 4.74 Å². The lowest BCUT2D eigenvalue weighted by atomic mass is 10.3. The van der Waals surface area contributed by atoms with Gasteiger partial charge in [0.25, 0.3) is 0 Å². The lowest BCUT2D eigenvalue weighted by Gasteiger charge is -2.04. The lowest BCUT2D eigenvalue weighted by molar-refractivity contribution is 0.292. The summed E-state index contributed by atoms with van der Waals surface area (Å²) in [4.78, 5) is 8.65. The minimum absolute atomic E-state index is 0.380. The van der Waals surface area contributed by atoms with Gasteiger partial charge in [-0.25, -0.2) is 4.98 Å². The van der Waals surface area contributed by atoms with Crippen molar-refractivity contribution in [3.63, 3.8) is 0 Å². The predicted molar refractivity (Wildman–Crippen MR) is 60.9 cm³/mol. The Hall–Kier alpha value is -1.16. The molecule has 1 fully saturated rings. The van der Waals surface area contributed by atoms with E-state index in [0.29, 0.717) is 12.0 Å². The van der Waals surface area contributed by atoms with E-state index in [9.17, 15) is 0 Å². The van der Waals surface area contributed by atoms with Crippen LogP contribution in [0.3, 0.4) is 0 Å². The molecule has 0 bridgehead atoms. The number of aromatic nitrogens is 2. The summed E-state index contributed by atoms with van der Waals surface area (Å²) in [5, 5.41) is 0. The summed E-state index contributed by atoms with van der Waals surface area (Å²) in [6.45, 7) is 0. The van der Waals surface area contributed by atoms with Crippen LogP contribution < -0.4 is 4.74 Å². The van der Waals surface area contributed by atoms with E-state index in [1.165, 1.54) is 0 Å². The molecule has 76 valence electrons. The van der Waals surface area contributed by atoms with Gasteiger partial charge < -0.3 is 4.74 Å². The second kappa shape index (κ2) is 3.45. The summed E-state index contributed by atoms with van der Waals surface area (Å²) in [7, 11) is 0. The van der Waals surface area contributed by atoms with Gasteiger partial charge in [-0.2, -0.15) is 0 Å². The molecule has 4 heteroatoms. The van der Waals surface area contributed by atoms with Gasteiger partial charge in [-0.05, 0) is 40.9 Å². The first-order valence-electron chi connectivity index (χ1n) is 4.91. The largest absolute Gasteiger partial charge is 0.474 e. The van der Waals surface area contributed by atoms with Crippen LogP contribution >= 0.6 is 15.9 Å². The fourth-order valence-corrected chi connectivity index (χ4v) is 1.81. The highest BCUT2D eigenvalue weighted by Gasteiger charge is 2.24. The molecule has 1 aliphatic carbocycles. The van der Waals surface area contributed by atoms with E-state index in [1.54, 1.807) is 6.20 Å². The SMILES string of the molecule is Brc1ccnc2ccc(OC3CC3)nc12. The monoisotopic (exact) mass is 264 g/mol. The number of halogens is 1.